The number of rotatable bonds is 2. The summed E-state index contributed by atoms with van der Waals surface area (Å²) in [6.07, 6.45) is 4.24. The molecule has 3 heterocycles. The fourth-order valence-electron chi connectivity index (χ4n) is 3.54. The minimum atomic E-state index is -0.189. The minimum absolute atomic E-state index is 0.0417. The van der Waals surface area contributed by atoms with Gasteiger partial charge in [-0.1, -0.05) is 36.4 Å². The van der Waals surface area contributed by atoms with Crippen molar-refractivity contribution in [2.24, 2.45) is 0 Å². The van der Waals surface area contributed by atoms with Crippen LogP contribution in [-0.4, -0.2) is 32.3 Å². The number of hydrogen-bond acceptors (Lipinski definition) is 3. The minimum Gasteiger partial charge on any atom is -0.348 e. The molecule has 0 fully saturated rings. The summed E-state index contributed by atoms with van der Waals surface area (Å²) >= 11 is 0. The van der Waals surface area contributed by atoms with Crippen LogP contribution in [0.1, 0.15) is 44.6 Å². The molecule has 0 bridgehead atoms. The summed E-state index contributed by atoms with van der Waals surface area (Å²) in [5.74, 6) is -0.0417. The molecule has 0 spiro atoms. The molecule has 0 aliphatic carbocycles. The largest absolute Gasteiger partial charge is 0.348 e. The van der Waals surface area contributed by atoms with Crippen LogP contribution in [0.25, 0.3) is 0 Å². The molecule has 1 aliphatic rings. The highest BCUT2D eigenvalue weighted by molar-refractivity contribution is 5.94. The Bertz CT molecular complexity index is 916. The number of fused-ring (bicyclic) bond motifs is 1. The van der Waals surface area contributed by atoms with E-state index in [0.29, 0.717) is 12.2 Å². The van der Waals surface area contributed by atoms with Gasteiger partial charge >= 0.3 is 0 Å². The number of carbonyl (C=O) groups excluding carboxylic acids is 1. The number of hydrogen-bond donors (Lipinski definition) is 1. The van der Waals surface area contributed by atoms with Gasteiger partial charge in [0.05, 0.1) is 12.0 Å². The number of aryl methyl sites for hydroxylation is 2. The first-order valence-corrected chi connectivity index (χ1v) is 8.46. The van der Waals surface area contributed by atoms with Crippen molar-refractivity contribution in [2.75, 3.05) is 6.54 Å². The fraction of sp³-hybridized carbons (Fsp3) is 0.250. The third-order valence-electron chi connectivity index (χ3n) is 4.72. The molecule has 1 atom stereocenters. The highest BCUT2D eigenvalue weighted by Gasteiger charge is 2.35. The van der Waals surface area contributed by atoms with Gasteiger partial charge in [0.25, 0.3) is 5.91 Å². The molecule has 2 aromatic heterocycles. The van der Waals surface area contributed by atoms with E-state index in [0.717, 1.165) is 34.5 Å². The molecular formula is C20H20N4O. The second-order valence-electron chi connectivity index (χ2n) is 6.51. The van der Waals surface area contributed by atoms with Crippen LogP contribution in [0.4, 0.5) is 0 Å². The van der Waals surface area contributed by atoms with Crippen LogP contribution < -0.4 is 0 Å². The van der Waals surface area contributed by atoms with Crippen LogP contribution in [-0.2, 0) is 6.42 Å². The van der Waals surface area contributed by atoms with Crippen LogP contribution in [0.5, 0.6) is 0 Å². The average Bonchev–Trinajstić information content (AvgIpc) is 3.10. The Hall–Kier alpha value is -2.95. The van der Waals surface area contributed by atoms with Crippen molar-refractivity contribution in [3.05, 3.63) is 82.7 Å². The van der Waals surface area contributed by atoms with E-state index in [1.54, 1.807) is 12.5 Å². The first-order valence-electron chi connectivity index (χ1n) is 8.46. The van der Waals surface area contributed by atoms with Gasteiger partial charge in [0, 0.05) is 24.9 Å². The number of carbonyl (C=O) groups is 1. The van der Waals surface area contributed by atoms with Crippen molar-refractivity contribution in [3.63, 3.8) is 0 Å². The van der Waals surface area contributed by atoms with Crippen LogP contribution in [0, 0.1) is 13.8 Å². The second kappa shape index (κ2) is 6.16. The van der Waals surface area contributed by atoms with E-state index in [-0.39, 0.29) is 11.9 Å². The topological polar surface area (TPSA) is 61.9 Å². The maximum atomic E-state index is 13.3. The molecule has 0 saturated heterocycles. The number of nitrogens with one attached hydrogen (secondary N) is 1. The number of imidazole rings is 1. The van der Waals surface area contributed by atoms with Gasteiger partial charge < -0.3 is 9.88 Å². The van der Waals surface area contributed by atoms with Crippen LogP contribution >= 0.6 is 0 Å². The summed E-state index contributed by atoms with van der Waals surface area (Å²) in [5.41, 5.74) is 5.58. The summed E-state index contributed by atoms with van der Waals surface area (Å²) in [6.45, 7) is 4.56. The second-order valence-corrected chi connectivity index (χ2v) is 6.51. The number of benzene rings is 1. The summed E-state index contributed by atoms with van der Waals surface area (Å²) in [5, 5.41) is 0. The normalized spacial score (nSPS) is 16.6. The van der Waals surface area contributed by atoms with Crippen LogP contribution in [0.3, 0.4) is 0 Å². The maximum absolute atomic E-state index is 13.3. The van der Waals surface area contributed by atoms with Crippen LogP contribution in [0.15, 0.2) is 48.9 Å². The summed E-state index contributed by atoms with van der Waals surface area (Å²) in [7, 11) is 0. The molecule has 5 nitrogen and oxygen atoms in total. The Balaban J connectivity index is 1.79. The quantitative estimate of drug-likeness (QED) is 0.784. The zero-order chi connectivity index (χ0) is 17.4. The van der Waals surface area contributed by atoms with Crippen molar-refractivity contribution in [3.8, 4) is 0 Å². The highest BCUT2D eigenvalue weighted by Crippen LogP contribution is 2.34. The highest BCUT2D eigenvalue weighted by atomic mass is 16.2. The Morgan fingerprint density at radius 3 is 2.76 bits per heavy atom. The smallest absolute Gasteiger partial charge is 0.273 e. The van der Waals surface area contributed by atoms with Crippen molar-refractivity contribution in [1.29, 1.82) is 0 Å². The Labute approximate surface area is 146 Å². The molecule has 1 aromatic carbocycles. The van der Waals surface area contributed by atoms with E-state index in [4.69, 9.17) is 0 Å². The van der Waals surface area contributed by atoms with Gasteiger partial charge in [-0.15, -0.1) is 0 Å². The zero-order valence-electron chi connectivity index (χ0n) is 14.4. The van der Waals surface area contributed by atoms with Crippen molar-refractivity contribution in [2.45, 2.75) is 26.3 Å². The van der Waals surface area contributed by atoms with Gasteiger partial charge in [-0.2, -0.15) is 0 Å². The van der Waals surface area contributed by atoms with E-state index in [2.05, 4.69) is 15.0 Å². The number of aromatic amines is 1. The average molecular weight is 332 g/mol. The molecule has 126 valence electrons. The van der Waals surface area contributed by atoms with Gasteiger partial charge in [0.2, 0.25) is 0 Å². The lowest BCUT2D eigenvalue weighted by Crippen LogP contribution is -2.41. The zero-order valence-corrected chi connectivity index (χ0v) is 14.4. The van der Waals surface area contributed by atoms with Crippen molar-refractivity contribution < 1.29 is 4.79 Å². The Morgan fingerprint density at radius 2 is 2.00 bits per heavy atom. The monoisotopic (exact) mass is 332 g/mol. The molecule has 1 N–H and O–H groups in total. The van der Waals surface area contributed by atoms with Crippen LogP contribution in [0.2, 0.25) is 0 Å². The molecule has 3 aromatic rings. The first-order chi connectivity index (χ1) is 12.1. The number of nitrogens with zero attached hydrogens (tertiary/aromatic N) is 3. The predicted octanol–water partition coefficient (Wildman–Crippen LogP) is 3.21. The van der Waals surface area contributed by atoms with Crippen molar-refractivity contribution in [1.82, 2.24) is 19.9 Å². The summed E-state index contributed by atoms with van der Waals surface area (Å²) in [6, 6.07) is 11.9. The molecule has 1 aliphatic heterocycles. The number of aromatic nitrogens is 3. The SMILES string of the molecule is Cc1cnc(C(=O)N2CCc3[nH]cnc3C2c2ccccc2)c(C)c1. The molecule has 25 heavy (non-hydrogen) atoms. The molecule has 5 heteroatoms. The Morgan fingerprint density at radius 1 is 1.20 bits per heavy atom. The molecule has 0 radical (unpaired) electrons. The van der Waals surface area contributed by atoms with E-state index in [1.807, 2.05) is 55.1 Å². The predicted molar refractivity (Wildman–Crippen MR) is 95.3 cm³/mol. The van der Waals surface area contributed by atoms with Gasteiger partial charge in [-0.05, 0) is 30.5 Å². The number of amides is 1. The fourth-order valence-corrected chi connectivity index (χ4v) is 3.54. The van der Waals surface area contributed by atoms with Gasteiger partial charge in [-0.3, -0.25) is 9.78 Å². The van der Waals surface area contributed by atoms with E-state index in [1.165, 1.54) is 0 Å². The van der Waals surface area contributed by atoms with E-state index >= 15 is 0 Å². The van der Waals surface area contributed by atoms with Crippen molar-refractivity contribution >= 4 is 5.91 Å². The Kier molecular flexibility index (Phi) is 3.84. The summed E-state index contributed by atoms with van der Waals surface area (Å²) in [4.78, 5) is 27.3. The molecule has 1 amide bonds. The van der Waals surface area contributed by atoms with Gasteiger partial charge in [0.1, 0.15) is 11.7 Å². The van der Waals surface area contributed by atoms with Gasteiger partial charge in [0.15, 0.2) is 0 Å². The van der Waals surface area contributed by atoms with E-state index in [9.17, 15) is 4.79 Å². The standard InChI is InChI=1S/C20H20N4O/c1-13-10-14(2)17(21-11-13)20(25)24-9-8-16-18(23-12-22-16)19(24)15-6-4-3-5-7-15/h3-7,10-12,19H,8-9H2,1-2H3,(H,22,23). The first kappa shape index (κ1) is 15.6. The number of H-pyrrole nitrogens is 1. The lowest BCUT2D eigenvalue weighted by atomic mass is 9.95. The number of pyridine rings is 1. The third kappa shape index (κ3) is 2.71. The molecule has 1 unspecified atom stereocenters. The molecule has 4 rings (SSSR count). The molecule has 0 saturated carbocycles. The van der Waals surface area contributed by atoms with Gasteiger partial charge in [-0.25, -0.2) is 4.98 Å². The lowest BCUT2D eigenvalue weighted by Gasteiger charge is -2.35. The lowest BCUT2D eigenvalue weighted by molar-refractivity contribution is 0.0683. The maximum Gasteiger partial charge on any atom is 0.273 e. The molecular weight excluding hydrogens is 312 g/mol. The summed E-state index contributed by atoms with van der Waals surface area (Å²) < 4.78 is 0. The third-order valence-corrected chi connectivity index (χ3v) is 4.72. The van der Waals surface area contributed by atoms with E-state index < -0.39 is 0 Å².